The first-order chi connectivity index (χ1) is 9.40. The van der Waals surface area contributed by atoms with Crippen molar-refractivity contribution < 1.29 is 18.3 Å². The standard InChI is InChI=1S/C14H10ClF3OS/c15-10-2-1-3-11(6-10)20-12-5-4-9(8-19)13(7-12)14(16,17)18/h1-7,19H,8H2. The molecule has 2 aromatic carbocycles. The molecule has 6 heteroatoms. The molecule has 106 valence electrons. The topological polar surface area (TPSA) is 20.2 Å². The molecule has 0 aliphatic carbocycles. The Bertz CT molecular complexity index is 614. The van der Waals surface area contributed by atoms with Crippen molar-refractivity contribution in [1.82, 2.24) is 0 Å². The number of rotatable bonds is 3. The van der Waals surface area contributed by atoms with Crippen LogP contribution in [0.2, 0.25) is 5.02 Å². The fourth-order valence-electron chi connectivity index (χ4n) is 1.69. The van der Waals surface area contributed by atoms with E-state index >= 15 is 0 Å². The summed E-state index contributed by atoms with van der Waals surface area (Å²) < 4.78 is 38.6. The molecule has 0 radical (unpaired) electrons. The highest BCUT2D eigenvalue weighted by Crippen LogP contribution is 2.37. The molecular weight excluding hydrogens is 309 g/mol. The fraction of sp³-hybridized carbons (Fsp3) is 0.143. The van der Waals surface area contributed by atoms with Crippen molar-refractivity contribution in [3.8, 4) is 0 Å². The van der Waals surface area contributed by atoms with Gasteiger partial charge in [-0.15, -0.1) is 0 Å². The molecule has 0 fully saturated rings. The van der Waals surface area contributed by atoms with E-state index in [2.05, 4.69) is 0 Å². The Kier molecular flexibility index (Phi) is 4.62. The minimum absolute atomic E-state index is 0.132. The van der Waals surface area contributed by atoms with Crippen LogP contribution in [0.25, 0.3) is 0 Å². The number of benzene rings is 2. The van der Waals surface area contributed by atoms with E-state index in [4.69, 9.17) is 16.7 Å². The number of alkyl halides is 3. The van der Waals surface area contributed by atoms with Gasteiger partial charge >= 0.3 is 6.18 Å². The Hall–Kier alpha value is -1.17. The lowest BCUT2D eigenvalue weighted by molar-refractivity contribution is -0.138. The summed E-state index contributed by atoms with van der Waals surface area (Å²) in [6, 6.07) is 10.8. The minimum atomic E-state index is -4.48. The van der Waals surface area contributed by atoms with Gasteiger partial charge in [-0.2, -0.15) is 13.2 Å². The van der Waals surface area contributed by atoms with E-state index in [1.807, 2.05) is 0 Å². The zero-order valence-electron chi connectivity index (χ0n) is 10.1. The van der Waals surface area contributed by atoms with Crippen molar-refractivity contribution >= 4 is 23.4 Å². The Morgan fingerprint density at radius 2 is 1.75 bits per heavy atom. The first-order valence-corrected chi connectivity index (χ1v) is 6.84. The summed E-state index contributed by atoms with van der Waals surface area (Å²) in [7, 11) is 0. The van der Waals surface area contributed by atoms with Crippen LogP contribution in [-0.2, 0) is 12.8 Å². The molecule has 0 aliphatic rings. The summed E-state index contributed by atoms with van der Waals surface area (Å²) in [5.74, 6) is 0. The molecule has 0 saturated heterocycles. The van der Waals surface area contributed by atoms with E-state index in [0.717, 1.165) is 11.0 Å². The van der Waals surface area contributed by atoms with E-state index in [1.165, 1.54) is 17.8 Å². The van der Waals surface area contributed by atoms with Crippen LogP contribution in [0, 0.1) is 0 Å². The van der Waals surface area contributed by atoms with Gasteiger partial charge in [0.05, 0.1) is 12.2 Å². The zero-order valence-corrected chi connectivity index (χ0v) is 11.7. The largest absolute Gasteiger partial charge is 0.416 e. The van der Waals surface area contributed by atoms with Gasteiger partial charge in [0.1, 0.15) is 0 Å². The van der Waals surface area contributed by atoms with Crippen molar-refractivity contribution in [2.45, 2.75) is 22.6 Å². The van der Waals surface area contributed by atoms with Gasteiger partial charge in [-0.3, -0.25) is 0 Å². The van der Waals surface area contributed by atoms with Crippen LogP contribution in [0.5, 0.6) is 0 Å². The summed E-state index contributed by atoms with van der Waals surface area (Å²) in [6.07, 6.45) is -4.48. The van der Waals surface area contributed by atoms with Gasteiger partial charge in [0.15, 0.2) is 0 Å². The predicted octanol–water partition coefficient (Wildman–Crippen LogP) is 5.00. The van der Waals surface area contributed by atoms with Gasteiger partial charge in [0.25, 0.3) is 0 Å². The smallest absolute Gasteiger partial charge is 0.392 e. The van der Waals surface area contributed by atoms with E-state index in [0.29, 0.717) is 9.92 Å². The Balaban J connectivity index is 2.34. The summed E-state index contributed by atoms with van der Waals surface area (Å²) in [5, 5.41) is 9.50. The number of aliphatic hydroxyl groups is 1. The highest BCUT2D eigenvalue weighted by Gasteiger charge is 2.33. The quantitative estimate of drug-likeness (QED) is 0.859. The molecule has 0 bridgehead atoms. The Morgan fingerprint density at radius 3 is 2.35 bits per heavy atom. The van der Waals surface area contributed by atoms with E-state index in [-0.39, 0.29) is 5.56 Å². The molecule has 1 N–H and O–H groups in total. The highest BCUT2D eigenvalue weighted by molar-refractivity contribution is 7.99. The molecule has 2 rings (SSSR count). The van der Waals surface area contributed by atoms with Crippen molar-refractivity contribution in [1.29, 1.82) is 0 Å². The molecule has 0 heterocycles. The van der Waals surface area contributed by atoms with Gasteiger partial charge in [-0.05, 0) is 35.9 Å². The van der Waals surface area contributed by atoms with E-state index in [9.17, 15) is 13.2 Å². The molecule has 0 atom stereocenters. The SMILES string of the molecule is OCc1ccc(Sc2cccc(Cl)c2)cc1C(F)(F)F. The lowest BCUT2D eigenvalue weighted by Crippen LogP contribution is -2.09. The number of halogens is 4. The van der Waals surface area contributed by atoms with Gasteiger partial charge in [-0.25, -0.2) is 0 Å². The first kappa shape index (κ1) is 15.2. The summed E-state index contributed by atoms with van der Waals surface area (Å²) >= 11 is 7.02. The molecule has 20 heavy (non-hydrogen) atoms. The van der Waals surface area contributed by atoms with Crippen molar-refractivity contribution in [2.75, 3.05) is 0 Å². The van der Waals surface area contributed by atoms with E-state index < -0.39 is 18.3 Å². The van der Waals surface area contributed by atoms with Crippen molar-refractivity contribution in [2.24, 2.45) is 0 Å². The number of hydrogen-bond donors (Lipinski definition) is 1. The number of aliphatic hydroxyl groups excluding tert-OH is 1. The van der Waals surface area contributed by atoms with Crippen LogP contribution in [0.4, 0.5) is 13.2 Å². The monoisotopic (exact) mass is 318 g/mol. The van der Waals surface area contributed by atoms with Crippen LogP contribution in [-0.4, -0.2) is 5.11 Å². The highest BCUT2D eigenvalue weighted by atomic mass is 35.5. The maximum atomic E-state index is 12.9. The van der Waals surface area contributed by atoms with Crippen LogP contribution in [0.3, 0.4) is 0 Å². The molecule has 0 saturated carbocycles. The third-order valence-corrected chi connectivity index (χ3v) is 3.80. The second-order valence-corrected chi connectivity index (χ2v) is 5.62. The van der Waals surface area contributed by atoms with Crippen LogP contribution in [0.1, 0.15) is 11.1 Å². The van der Waals surface area contributed by atoms with Crippen molar-refractivity contribution in [3.05, 3.63) is 58.6 Å². The average molecular weight is 319 g/mol. The van der Waals surface area contributed by atoms with Gasteiger partial charge in [0, 0.05) is 14.8 Å². The molecule has 1 nitrogen and oxygen atoms in total. The van der Waals surface area contributed by atoms with Gasteiger partial charge < -0.3 is 5.11 Å². The van der Waals surface area contributed by atoms with Gasteiger partial charge in [0.2, 0.25) is 0 Å². The molecule has 2 aromatic rings. The molecule has 0 aliphatic heterocycles. The minimum Gasteiger partial charge on any atom is -0.392 e. The van der Waals surface area contributed by atoms with E-state index in [1.54, 1.807) is 30.3 Å². The maximum Gasteiger partial charge on any atom is 0.416 e. The number of hydrogen-bond acceptors (Lipinski definition) is 2. The third-order valence-electron chi connectivity index (χ3n) is 2.59. The molecule has 0 unspecified atom stereocenters. The third kappa shape index (κ3) is 3.69. The maximum absolute atomic E-state index is 12.9. The second-order valence-electron chi connectivity index (χ2n) is 4.03. The zero-order chi connectivity index (χ0) is 14.8. The van der Waals surface area contributed by atoms with Gasteiger partial charge in [-0.1, -0.05) is 35.5 Å². The predicted molar refractivity (Wildman–Crippen MR) is 72.9 cm³/mol. The fourth-order valence-corrected chi connectivity index (χ4v) is 2.86. The van der Waals surface area contributed by atoms with Crippen molar-refractivity contribution in [3.63, 3.8) is 0 Å². The Morgan fingerprint density at radius 1 is 1.05 bits per heavy atom. The van der Waals surface area contributed by atoms with Crippen LogP contribution < -0.4 is 0 Å². The first-order valence-electron chi connectivity index (χ1n) is 5.64. The lowest BCUT2D eigenvalue weighted by atomic mass is 10.1. The average Bonchev–Trinajstić information content (AvgIpc) is 2.37. The summed E-state index contributed by atoms with van der Waals surface area (Å²) in [4.78, 5) is 1.19. The lowest BCUT2D eigenvalue weighted by Gasteiger charge is -2.13. The second kappa shape index (κ2) is 6.08. The molecule has 0 amide bonds. The summed E-state index contributed by atoms with van der Waals surface area (Å²) in [6.45, 7) is -0.642. The normalized spacial score (nSPS) is 11.7. The molecular formula is C14H10ClF3OS. The molecule has 0 spiro atoms. The van der Waals surface area contributed by atoms with Crippen LogP contribution >= 0.6 is 23.4 Å². The summed E-state index contributed by atoms with van der Waals surface area (Å²) in [5.41, 5.74) is -0.944. The van der Waals surface area contributed by atoms with Crippen LogP contribution in [0.15, 0.2) is 52.3 Å². The Labute approximate surface area is 123 Å². The molecule has 0 aromatic heterocycles.